The second kappa shape index (κ2) is 5.14. The molecule has 2 aromatic rings. The predicted molar refractivity (Wildman–Crippen MR) is 63.8 cm³/mol. The molecular weight excluding hydrogens is 257 g/mol. The molecule has 0 spiro atoms. The second-order valence-electron chi connectivity index (χ2n) is 3.89. The largest absolute Gasteiger partial charge is 0.478 e. The van der Waals surface area contributed by atoms with Gasteiger partial charge in [-0.25, -0.2) is 18.0 Å². The molecule has 1 N–H and O–H groups in total. The maximum absolute atomic E-state index is 13.9. The fraction of sp³-hybridized carbons (Fsp3) is 0.0714. The SMILES string of the molecule is O=C(O)c1ccc(-c2cccc(C(F)F)c2F)cc1. The summed E-state index contributed by atoms with van der Waals surface area (Å²) in [5.74, 6) is -2.09. The van der Waals surface area contributed by atoms with E-state index < -0.39 is 23.8 Å². The highest BCUT2D eigenvalue weighted by molar-refractivity contribution is 5.88. The van der Waals surface area contributed by atoms with Gasteiger partial charge < -0.3 is 5.11 Å². The zero-order valence-corrected chi connectivity index (χ0v) is 9.61. The summed E-state index contributed by atoms with van der Waals surface area (Å²) in [5, 5.41) is 8.74. The molecule has 0 fully saturated rings. The summed E-state index contributed by atoms with van der Waals surface area (Å²) in [6, 6.07) is 9.10. The van der Waals surface area contributed by atoms with E-state index in [1.54, 1.807) is 0 Å². The zero-order chi connectivity index (χ0) is 14.0. The van der Waals surface area contributed by atoms with E-state index in [4.69, 9.17) is 5.11 Å². The first-order valence-electron chi connectivity index (χ1n) is 5.41. The van der Waals surface area contributed by atoms with Crippen LogP contribution < -0.4 is 0 Å². The summed E-state index contributed by atoms with van der Waals surface area (Å²) in [6.45, 7) is 0. The van der Waals surface area contributed by atoms with Gasteiger partial charge in [-0.15, -0.1) is 0 Å². The van der Waals surface area contributed by atoms with Crippen molar-refractivity contribution in [3.05, 3.63) is 59.4 Å². The van der Waals surface area contributed by atoms with Crippen LogP contribution in [0, 0.1) is 5.82 Å². The summed E-state index contributed by atoms with van der Waals surface area (Å²) >= 11 is 0. The normalized spacial score (nSPS) is 10.7. The molecule has 2 aromatic carbocycles. The van der Waals surface area contributed by atoms with Crippen molar-refractivity contribution in [2.45, 2.75) is 6.43 Å². The molecule has 0 saturated heterocycles. The van der Waals surface area contributed by atoms with Crippen LogP contribution in [0.2, 0.25) is 0 Å². The molecule has 98 valence electrons. The van der Waals surface area contributed by atoms with Gasteiger partial charge >= 0.3 is 5.97 Å². The van der Waals surface area contributed by atoms with Crippen LogP contribution in [-0.2, 0) is 0 Å². The first kappa shape index (κ1) is 13.1. The lowest BCUT2D eigenvalue weighted by Gasteiger charge is -2.08. The molecule has 0 aliphatic carbocycles. The van der Waals surface area contributed by atoms with Crippen molar-refractivity contribution in [2.75, 3.05) is 0 Å². The fourth-order valence-electron chi connectivity index (χ4n) is 1.73. The lowest BCUT2D eigenvalue weighted by atomic mass is 10.0. The van der Waals surface area contributed by atoms with Crippen molar-refractivity contribution in [2.24, 2.45) is 0 Å². The standard InChI is InChI=1S/C14H9F3O2/c15-12-10(2-1-3-11(12)13(16)17)8-4-6-9(7-5-8)14(18)19/h1-7,13H,(H,18,19). The van der Waals surface area contributed by atoms with Crippen molar-refractivity contribution in [1.29, 1.82) is 0 Å². The Morgan fingerprint density at radius 2 is 1.68 bits per heavy atom. The van der Waals surface area contributed by atoms with Crippen LogP contribution >= 0.6 is 0 Å². The Balaban J connectivity index is 2.47. The van der Waals surface area contributed by atoms with E-state index in [-0.39, 0.29) is 11.1 Å². The lowest BCUT2D eigenvalue weighted by molar-refractivity contribution is 0.0697. The summed E-state index contributed by atoms with van der Waals surface area (Å²) in [5.41, 5.74) is -0.242. The van der Waals surface area contributed by atoms with E-state index >= 15 is 0 Å². The Hall–Kier alpha value is -2.30. The lowest BCUT2D eigenvalue weighted by Crippen LogP contribution is -1.97. The molecule has 2 nitrogen and oxygen atoms in total. The Morgan fingerprint density at radius 1 is 1.05 bits per heavy atom. The molecule has 0 heterocycles. The van der Waals surface area contributed by atoms with Crippen LogP contribution in [0.3, 0.4) is 0 Å². The number of benzene rings is 2. The first-order valence-corrected chi connectivity index (χ1v) is 5.41. The Kier molecular flexibility index (Phi) is 3.55. The number of halogens is 3. The molecule has 0 radical (unpaired) electrons. The minimum atomic E-state index is -2.89. The topological polar surface area (TPSA) is 37.3 Å². The van der Waals surface area contributed by atoms with Gasteiger partial charge in [-0.1, -0.05) is 30.3 Å². The molecule has 2 rings (SSSR count). The van der Waals surface area contributed by atoms with E-state index in [1.807, 2.05) is 0 Å². The summed E-state index contributed by atoms with van der Waals surface area (Å²) in [7, 11) is 0. The Labute approximate surface area is 107 Å². The van der Waals surface area contributed by atoms with E-state index in [2.05, 4.69) is 0 Å². The maximum Gasteiger partial charge on any atom is 0.335 e. The van der Waals surface area contributed by atoms with Crippen molar-refractivity contribution in [3.63, 3.8) is 0 Å². The maximum atomic E-state index is 13.9. The molecule has 0 unspecified atom stereocenters. The summed E-state index contributed by atoms with van der Waals surface area (Å²) in [4.78, 5) is 10.7. The minimum absolute atomic E-state index is 0.0229. The monoisotopic (exact) mass is 266 g/mol. The van der Waals surface area contributed by atoms with Gasteiger partial charge in [-0.2, -0.15) is 0 Å². The molecule has 0 amide bonds. The first-order chi connectivity index (χ1) is 9.00. The van der Waals surface area contributed by atoms with Gasteiger partial charge in [0.2, 0.25) is 0 Å². The third kappa shape index (κ3) is 2.59. The molecule has 0 bridgehead atoms. The van der Waals surface area contributed by atoms with Crippen molar-refractivity contribution >= 4 is 5.97 Å². The van der Waals surface area contributed by atoms with E-state index in [0.29, 0.717) is 5.56 Å². The van der Waals surface area contributed by atoms with Gasteiger partial charge in [0, 0.05) is 5.56 Å². The zero-order valence-electron chi connectivity index (χ0n) is 9.61. The van der Waals surface area contributed by atoms with Crippen LogP contribution in [0.1, 0.15) is 22.3 Å². The molecule has 5 heteroatoms. The van der Waals surface area contributed by atoms with E-state index in [1.165, 1.54) is 36.4 Å². The van der Waals surface area contributed by atoms with Gasteiger partial charge in [-0.05, 0) is 17.7 Å². The summed E-state index contributed by atoms with van der Waals surface area (Å²) < 4.78 is 39.0. The molecule has 19 heavy (non-hydrogen) atoms. The molecule has 0 saturated carbocycles. The quantitative estimate of drug-likeness (QED) is 0.906. The highest BCUT2D eigenvalue weighted by atomic mass is 19.3. The van der Waals surface area contributed by atoms with Crippen LogP contribution in [0.15, 0.2) is 42.5 Å². The second-order valence-corrected chi connectivity index (χ2v) is 3.89. The molecule has 0 aliphatic rings. The van der Waals surface area contributed by atoms with Crippen molar-refractivity contribution in [1.82, 2.24) is 0 Å². The van der Waals surface area contributed by atoms with Crippen LogP contribution in [0.4, 0.5) is 13.2 Å². The summed E-state index contributed by atoms with van der Waals surface area (Å²) in [6.07, 6.45) is -2.89. The van der Waals surface area contributed by atoms with E-state index in [9.17, 15) is 18.0 Å². The number of alkyl halides is 2. The number of carboxylic acid groups (broad SMARTS) is 1. The minimum Gasteiger partial charge on any atom is -0.478 e. The van der Waals surface area contributed by atoms with Crippen LogP contribution in [0.25, 0.3) is 11.1 Å². The Morgan fingerprint density at radius 3 is 2.21 bits per heavy atom. The van der Waals surface area contributed by atoms with Crippen LogP contribution in [-0.4, -0.2) is 11.1 Å². The average Bonchev–Trinajstić information content (AvgIpc) is 2.38. The van der Waals surface area contributed by atoms with Crippen molar-refractivity contribution < 1.29 is 23.1 Å². The number of hydrogen-bond acceptors (Lipinski definition) is 1. The number of hydrogen-bond donors (Lipinski definition) is 1. The number of rotatable bonds is 3. The molecular formula is C14H9F3O2. The highest BCUT2D eigenvalue weighted by Gasteiger charge is 2.17. The molecule has 0 aliphatic heterocycles. The third-order valence-corrected chi connectivity index (χ3v) is 2.71. The van der Waals surface area contributed by atoms with Gasteiger partial charge in [0.15, 0.2) is 0 Å². The van der Waals surface area contributed by atoms with Gasteiger partial charge in [0.25, 0.3) is 6.43 Å². The van der Waals surface area contributed by atoms with Gasteiger partial charge in [0.05, 0.1) is 11.1 Å². The van der Waals surface area contributed by atoms with E-state index in [0.717, 1.165) is 6.07 Å². The smallest absolute Gasteiger partial charge is 0.335 e. The number of carboxylic acids is 1. The average molecular weight is 266 g/mol. The van der Waals surface area contributed by atoms with Crippen molar-refractivity contribution in [3.8, 4) is 11.1 Å². The molecule has 0 atom stereocenters. The number of carbonyl (C=O) groups is 1. The van der Waals surface area contributed by atoms with Gasteiger partial charge in [-0.3, -0.25) is 0 Å². The number of aromatic carboxylic acids is 1. The third-order valence-electron chi connectivity index (χ3n) is 2.71. The predicted octanol–water partition coefficient (Wildman–Crippen LogP) is 4.13. The fourth-order valence-corrected chi connectivity index (χ4v) is 1.73. The highest BCUT2D eigenvalue weighted by Crippen LogP contribution is 2.30. The van der Waals surface area contributed by atoms with Gasteiger partial charge in [0.1, 0.15) is 5.82 Å². The van der Waals surface area contributed by atoms with Crippen LogP contribution in [0.5, 0.6) is 0 Å². The Bertz CT molecular complexity index is 607. The molecule has 0 aromatic heterocycles.